The Morgan fingerprint density at radius 3 is 2.63 bits per heavy atom. The van der Waals surface area contributed by atoms with Crippen LogP contribution >= 0.6 is 15.6 Å². The van der Waals surface area contributed by atoms with Crippen molar-refractivity contribution in [2.75, 3.05) is 19.0 Å². The predicted molar refractivity (Wildman–Crippen MR) is 105 cm³/mol. The number of phosphoric ester groups is 2. The minimum atomic E-state index is -4.82. The van der Waals surface area contributed by atoms with Crippen molar-refractivity contribution in [3.05, 3.63) is 6.33 Å². The first kappa shape index (κ1) is 22.3. The summed E-state index contributed by atoms with van der Waals surface area (Å²) < 4.78 is 34.9. The molecule has 5 N–H and O–H groups in total. The summed E-state index contributed by atoms with van der Waals surface area (Å²) in [5, 5.41) is 3.00. The molecule has 2 aliphatic carbocycles. The molecule has 16 heteroatoms. The topological polar surface area (TPSA) is 189 Å². The van der Waals surface area contributed by atoms with Crippen LogP contribution in [0, 0.1) is 11.3 Å². The summed E-state index contributed by atoms with van der Waals surface area (Å²) in [5.41, 5.74) is 0.258. The number of aromatic nitrogens is 4. The second-order valence-corrected chi connectivity index (χ2v) is 11.4. The van der Waals surface area contributed by atoms with Crippen LogP contribution < -0.4 is 10.0 Å². The molecule has 0 spiro atoms. The third-order valence-corrected chi connectivity index (χ3v) is 7.83. The van der Waals surface area contributed by atoms with Gasteiger partial charge < -0.3 is 0 Å². The Morgan fingerprint density at radius 1 is 1.30 bits per heavy atom. The van der Waals surface area contributed by atoms with E-state index in [1.54, 1.807) is 13.4 Å². The second kappa shape index (κ2) is 7.60. The minimum absolute atomic E-state index is 0.0389. The molecule has 0 unspecified atom stereocenters. The van der Waals surface area contributed by atoms with Crippen LogP contribution in [-0.4, -0.2) is 73.8 Å². The zero-order chi connectivity index (χ0) is 21.9. The summed E-state index contributed by atoms with van der Waals surface area (Å²) in [5.74, 6) is 2.41. The first-order valence-corrected chi connectivity index (χ1v) is 14.5. The molecule has 0 amide bonds. The molecule has 0 aromatic carbocycles. The number of hydrogen-bond acceptors (Lipinski definition) is 8. The molecular weight excluding hydrogens is 507 g/mol. The van der Waals surface area contributed by atoms with Crippen molar-refractivity contribution in [1.82, 2.24) is 19.5 Å². The Labute approximate surface area is 177 Å². The van der Waals surface area contributed by atoms with Crippen molar-refractivity contribution in [2.45, 2.75) is 30.8 Å². The Balaban J connectivity index is 1.71. The van der Waals surface area contributed by atoms with Crippen LogP contribution in [0.5, 0.6) is 0 Å². The van der Waals surface area contributed by atoms with Crippen LogP contribution in [0.15, 0.2) is 6.33 Å². The van der Waals surface area contributed by atoms with Gasteiger partial charge in [0.15, 0.2) is 0 Å². The van der Waals surface area contributed by atoms with Gasteiger partial charge in [-0.25, -0.2) is 0 Å². The summed E-state index contributed by atoms with van der Waals surface area (Å²) >= 11 is 0.0389. The zero-order valence-corrected chi connectivity index (χ0v) is 19.4. The summed E-state index contributed by atoms with van der Waals surface area (Å²) in [4.78, 5) is 50.3. The Hall–Kier alpha value is -0.911. The molecule has 166 valence electrons. The molecule has 30 heavy (non-hydrogen) atoms. The van der Waals surface area contributed by atoms with Gasteiger partial charge in [-0.2, -0.15) is 0 Å². The molecule has 2 saturated carbocycles. The van der Waals surface area contributed by atoms with E-state index in [1.165, 1.54) is 0 Å². The first-order valence-electron chi connectivity index (χ1n) is 8.88. The van der Waals surface area contributed by atoms with Crippen molar-refractivity contribution in [2.24, 2.45) is 11.3 Å². The number of nitrogens with zero attached hydrogens (tertiary/aromatic N) is 4. The molecule has 2 aliphatic rings. The molecule has 0 aliphatic heterocycles. The van der Waals surface area contributed by atoms with Crippen molar-refractivity contribution in [1.29, 1.82) is 0 Å². The van der Waals surface area contributed by atoms with E-state index in [9.17, 15) is 18.9 Å². The normalized spacial score (nSPS) is 28.7. The summed E-state index contributed by atoms with van der Waals surface area (Å²) in [7, 11) is -7.83. The van der Waals surface area contributed by atoms with E-state index in [-0.39, 0.29) is 39.9 Å². The summed E-state index contributed by atoms with van der Waals surface area (Å²) in [6.45, 7) is -0.365. The van der Waals surface area contributed by atoms with E-state index in [0.29, 0.717) is 28.1 Å². The van der Waals surface area contributed by atoms with Gasteiger partial charge >= 0.3 is 177 Å². The monoisotopic (exact) mass is 529 g/mol. The fourth-order valence-corrected chi connectivity index (χ4v) is 6.14. The third kappa shape index (κ3) is 4.10. The number of rotatable bonds is 8. The molecule has 4 rings (SSSR count). The van der Waals surface area contributed by atoms with Gasteiger partial charge in [0.2, 0.25) is 0 Å². The number of nitrogens with one attached hydrogen (secondary N) is 1. The Bertz CT molecular complexity index is 1070. The van der Waals surface area contributed by atoms with E-state index in [2.05, 4.69) is 20.3 Å². The van der Waals surface area contributed by atoms with E-state index in [0.717, 1.165) is 0 Å². The van der Waals surface area contributed by atoms with Crippen LogP contribution in [0.1, 0.15) is 18.9 Å². The zero-order valence-electron chi connectivity index (χ0n) is 15.9. The van der Waals surface area contributed by atoms with E-state index in [1.807, 2.05) is 10.4 Å². The third-order valence-electron chi connectivity index (χ3n) is 5.68. The number of phosphoric acid groups is 2. The molecule has 2 fully saturated rings. The predicted octanol–water partition coefficient (Wildman–Crippen LogP) is -0.216. The van der Waals surface area contributed by atoms with Crippen molar-refractivity contribution in [3.8, 4) is 0 Å². The molecular formula is C14H21N5O8P2Se. The maximum absolute atomic E-state index is 11.5. The Morgan fingerprint density at radius 2 is 2.03 bits per heavy atom. The van der Waals surface area contributed by atoms with E-state index >= 15 is 0 Å². The van der Waals surface area contributed by atoms with Crippen LogP contribution in [-0.2, 0) is 18.2 Å². The molecule has 2 aromatic heterocycles. The molecule has 2 aromatic rings. The quantitative estimate of drug-likeness (QED) is 0.224. The maximum atomic E-state index is 11.5. The van der Waals surface area contributed by atoms with Gasteiger partial charge in [-0.05, 0) is 0 Å². The first-order chi connectivity index (χ1) is 14.0. The van der Waals surface area contributed by atoms with Crippen LogP contribution in [0.2, 0.25) is 5.82 Å². The molecule has 0 saturated heterocycles. The SMILES string of the molecule is CNc1nc([Se]C)nc2c1ncn2[C@H]1C[C@H](OP(=O)(O)O)[C@@]2(COP(=O)(O)O)C[C@H]12. The van der Waals surface area contributed by atoms with Gasteiger partial charge in [0.05, 0.1) is 0 Å². The van der Waals surface area contributed by atoms with Gasteiger partial charge in [0.1, 0.15) is 0 Å². The van der Waals surface area contributed by atoms with E-state index < -0.39 is 27.2 Å². The van der Waals surface area contributed by atoms with Crippen LogP contribution in [0.3, 0.4) is 0 Å². The molecule has 2 heterocycles. The second-order valence-electron chi connectivity index (χ2n) is 7.33. The fraction of sp³-hybridized carbons (Fsp3) is 0.643. The van der Waals surface area contributed by atoms with Crippen LogP contribution in [0.4, 0.5) is 5.82 Å². The molecule has 0 bridgehead atoms. The standard InChI is InChI=1S/C14H21N5O8P2Se/c1-15-11-10-12(18-13(17-11)30-2)19(6-16-10)8-3-9(27-29(23,24)25)14(4-7(8)14)5-26-28(20,21)22/h6-9H,3-5H2,1-2H3,(H,15,17,18)(H2,20,21,22)(H2,23,24,25)/t7-,8+,9+,14-/m1/s1. The van der Waals surface area contributed by atoms with E-state index in [4.69, 9.17) is 18.8 Å². The van der Waals surface area contributed by atoms with Gasteiger partial charge in [0.25, 0.3) is 0 Å². The van der Waals surface area contributed by atoms with Crippen LogP contribution in [0.25, 0.3) is 11.2 Å². The molecule has 4 atom stereocenters. The Kier molecular flexibility index (Phi) is 5.64. The van der Waals surface area contributed by atoms with Crippen molar-refractivity contribution >= 4 is 52.3 Å². The molecule has 0 radical (unpaired) electrons. The number of anilines is 1. The number of imidazole rings is 1. The van der Waals surface area contributed by atoms with Gasteiger partial charge in [0, 0.05) is 0 Å². The fourth-order valence-electron chi connectivity index (χ4n) is 4.35. The average Bonchev–Trinajstić information content (AvgIpc) is 3.12. The van der Waals surface area contributed by atoms with Crippen molar-refractivity contribution in [3.63, 3.8) is 0 Å². The van der Waals surface area contributed by atoms with Gasteiger partial charge in [-0.3, -0.25) is 0 Å². The summed E-state index contributed by atoms with van der Waals surface area (Å²) in [6, 6.07) is -0.274. The van der Waals surface area contributed by atoms with Crippen molar-refractivity contribution < 1.29 is 37.8 Å². The van der Waals surface area contributed by atoms with Gasteiger partial charge in [-0.1, -0.05) is 0 Å². The number of fused-ring (bicyclic) bond motifs is 2. The molecule has 13 nitrogen and oxygen atoms in total. The number of hydrogen-bond donors (Lipinski definition) is 5. The average molecular weight is 528 g/mol. The van der Waals surface area contributed by atoms with Gasteiger partial charge in [-0.15, -0.1) is 0 Å². The summed E-state index contributed by atoms with van der Waals surface area (Å²) in [6.07, 6.45) is 1.33.